The number of nitrogens with one attached hydrogen (secondary N) is 1. The topological polar surface area (TPSA) is 111 Å². The minimum absolute atomic E-state index is 0.0119. The molecule has 10 heteroatoms. The van der Waals surface area contributed by atoms with Crippen LogP contribution in [0.5, 0.6) is 0 Å². The standard InChI is InChI=1S/C13H9Cl2N3O5/c1-22-12(20)7-9(17-18-10(7)13(21)23-2)11(19)8-5(14)3-4-6(15)16-8/h3-4H,1-2H3,(H,17,18). The van der Waals surface area contributed by atoms with Crippen LogP contribution in [0.4, 0.5) is 0 Å². The molecular weight excluding hydrogens is 349 g/mol. The molecule has 8 nitrogen and oxygen atoms in total. The molecule has 2 rings (SSSR count). The van der Waals surface area contributed by atoms with E-state index in [2.05, 4.69) is 24.7 Å². The van der Waals surface area contributed by atoms with Crippen molar-refractivity contribution in [1.29, 1.82) is 0 Å². The van der Waals surface area contributed by atoms with Gasteiger partial charge in [0, 0.05) is 0 Å². The maximum Gasteiger partial charge on any atom is 0.357 e. The first kappa shape index (κ1) is 16.9. The van der Waals surface area contributed by atoms with Gasteiger partial charge in [0.15, 0.2) is 5.69 Å². The molecule has 0 saturated heterocycles. The first-order chi connectivity index (χ1) is 10.9. The molecule has 0 aliphatic carbocycles. The zero-order chi connectivity index (χ0) is 17.1. The van der Waals surface area contributed by atoms with E-state index in [1.807, 2.05) is 0 Å². The summed E-state index contributed by atoms with van der Waals surface area (Å²) in [4.78, 5) is 39.9. The highest BCUT2D eigenvalue weighted by Gasteiger charge is 2.31. The molecule has 2 aromatic rings. The molecule has 0 amide bonds. The van der Waals surface area contributed by atoms with Crippen molar-refractivity contribution in [2.75, 3.05) is 14.2 Å². The molecule has 120 valence electrons. The monoisotopic (exact) mass is 357 g/mol. The van der Waals surface area contributed by atoms with Crippen LogP contribution in [-0.4, -0.2) is 47.1 Å². The molecule has 0 spiro atoms. The summed E-state index contributed by atoms with van der Waals surface area (Å²) in [5.74, 6) is -2.63. The lowest BCUT2D eigenvalue weighted by Crippen LogP contribution is -2.15. The van der Waals surface area contributed by atoms with Crippen LogP contribution in [-0.2, 0) is 9.47 Å². The van der Waals surface area contributed by atoms with Crippen LogP contribution in [0.3, 0.4) is 0 Å². The van der Waals surface area contributed by atoms with Crippen LogP contribution in [0, 0.1) is 0 Å². The summed E-state index contributed by atoms with van der Waals surface area (Å²) in [5, 5.41) is 6.00. The minimum atomic E-state index is -0.944. The first-order valence-corrected chi connectivity index (χ1v) is 6.78. The number of aromatic amines is 1. The lowest BCUT2D eigenvalue weighted by atomic mass is 10.1. The Kier molecular flexibility index (Phi) is 4.97. The number of nitrogens with zero attached hydrogens (tertiary/aromatic N) is 2. The van der Waals surface area contributed by atoms with E-state index in [9.17, 15) is 14.4 Å². The summed E-state index contributed by atoms with van der Waals surface area (Å²) in [6, 6.07) is 2.77. The highest BCUT2D eigenvalue weighted by atomic mass is 35.5. The average molecular weight is 358 g/mol. The molecule has 0 atom stereocenters. The van der Waals surface area contributed by atoms with Crippen molar-refractivity contribution in [3.63, 3.8) is 0 Å². The molecule has 0 unspecified atom stereocenters. The van der Waals surface area contributed by atoms with Gasteiger partial charge in [0.05, 0.1) is 19.2 Å². The van der Waals surface area contributed by atoms with Gasteiger partial charge in [0.2, 0.25) is 5.78 Å². The molecule has 0 aromatic carbocycles. The Hall–Kier alpha value is -2.45. The number of hydrogen-bond donors (Lipinski definition) is 1. The van der Waals surface area contributed by atoms with Crippen molar-refractivity contribution in [1.82, 2.24) is 15.2 Å². The smallest absolute Gasteiger partial charge is 0.357 e. The van der Waals surface area contributed by atoms with Crippen LogP contribution in [0.1, 0.15) is 37.0 Å². The van der Waals surface area contributed by atoms with Crippen LogP contribution in [0.25, 0.3) is 0 Å². The van der Waals surface area contributed by atoms with Gasteiger partial charge >= 0.3 is 11.9 Å². The summed E-state index contributed by atoms with van der Waals surface area (Å²) < 4.78 is 9.09. The van der Waals surface area contributed by atoms with Crippen LogP contribution in [0.15, 0.2) is 12.1 Å². The van der Waals surface area contributed by atoms with Gasteiger partial charge in [-0.3, -0.25) is 9.89 Å². The second kappa shape index (κ2) is 6.76. The number of methoxy groups -OCH3 is 2. The number of ether oxygens (including phenoxy) is 2. The number of aromatic nitrogens is 3. The highest BCUT2D eigenvalue weighted by Crippen LogP contribution is 2.23. The Bertz CT molecular complexity index is 803. The number of carbonyl (C=O) groups excluding carboxylic acids is 3. The van der Waals surface area contributed by atoms with Gasteiger partial charge in [-0.2, -0.15) is 5.10 Å². The number of carbonyl (C=O) groups is 3. The molecule has 0 saturated carbocycles. The van der Waals surface area contributed by atoms with Crippen molar-refractivity contribution in [3.8, 4) is 0 Å². The predicted molar refractivity (Wildman–Crippen MR) is 79.0 cm³/mol. The molecule has 1 N–H and O–H groups in total. The number of H-pyrrole nitrogens is 1. The van der Waals surface area contributed by atoms with E-state index in [4.69, 9.17) is 23.2 Å². The number of esters is 2. The summed E-state index contributed by atoms with van der Waals surface area (Å²) >= 11 is 11.7. The van der Waals surface area contributed by atoms with Crippen molar-refractivity contribution < 1.29 is 23.9 Å². The van der Waals surface area contributed by atoms with E-state index in [-0.39, 0.29) is 32.8 Å². The Labute approximate surface area is 139 Å². The molecule has 2 aromatic heterocycles. The molecule has 0 aliphatic rings. The summed E-state index contributed by atoms with van der Waals surface area (Å²) in [6.07, 6.45) is 0. The van der Waals surface area contributed by atoms with E-state index >= 15 is 0 Å². The van der Waals surface area contributed by atoms with E-state index in [0.29, 0.717) is 0 Å². The lowest BCUT2D eigenvalue weighted by Gasteiger charge is -2.04. The van der Waals surface area contributed by atoms with E-state index in [1.54, 1.807) is 0 Å². The van der Waals surface area contributed by atoms with Crippen molar-refractivity contribution in [3.05, 3.63) is 45.0 Å². The predicted octanol–water partition coefficient (Wildman–Crippen LogP) is 1.92. The van der Waals surface area contributed by atoms with E-state index in [0.717, 1.165) is 14.2 Å². The molecular formula is C13H9Cl2N3O5. The largest absolute Gasteiger partial charge is 0.465 e. The number of pyridine rings is 1. The molecule has 2 heterocycles. The van der Waals surface area contributed by atoms with E-state index < -0.39 is 17.7 Å². The number of ketones is 1. The minimum Gasteiger partial charge on any atom is -0.465 e. The molecule has 23 heavy (non-hydrogen) atoms. The Morgan fingerprint density at radius 1 is 1.04 bits per heavy atom. The van der Waals surface area contributed by atoms with Gasteiger partial charge in [-0.25, -0.2) is 14.6 Å². The maximum atomic E-state index is 12.5. The fourth-order valence-electron chi connectivity index (χ4n) is 1.75. The second-order valence-corrected chi connectivity index (χ2v) is 4.89. The first-order valence-electron chi connectivity index (χ1n) is 6.02. The number of halogens is 2. The number of hydrogen-bond acceptors (Lipinski definition) is 7. The fourth-order valence-corrected chi connectivity index (χ4v) is 2.09. The molecule has 0 bridgehead atoms. The summed E-state index contributed by atoms with van der Waals surface area (Å²) in [6.45, 7) is 0. The maximum absolute atomic E-state index is 12.5. The van der Waals surface area contributed by atoms with Gasteiger partial charge in [0.25, 0.3) is 0 Å². The molecule has 0 fully saturated rings. The zero-order valence-electron chi connectivity index (χ0n) is 11.8. The van der Waals surface area contributed by atoms with Gasteiger partial charge in [-0.15, -0.1) is 0 Å². The summed E-state index contributed by atoms with van der Waals surface area (Å²) in [5.41, 5.74) is -1.29. The second-order valence-electron chi connectivity index (χ2n) is 4.10. The lowest BCUT2D eigenvalue weighted by molar-refractivity contribution is 0.0551. The van der Waals surface area contributed by atoms with Gasteiger partial charge in [0.1, 0.15) is 22.1 Å². The van der Waals surface area contributed by atoms with Crippen molar-refractivity contribution in [2.45, 2.75) is 0 Å². The quantitative estimate of drug-likeness (QED) is 0.505. The summed E-state index contributed by atoms with van der Waals surface area (Å²) in [7, 11) is 2.20. The average Bonchev–Trinajstić information content (AvgIpc) is 2.99. The van der Waals surface area contributed by atoms with Crippen LogP contribution in [0.2, 0.25) is 10.2 Å². The van der Waals surface area contributed by atoms with Crippen molar-refractivity contribution >= 4 is 40.9 Å². The van der Waals surface area contributed by atoms with Gasteiger partial charge in [-0.1, -0.05) is 23.2 Å². The molecule has 0 radical (unpaired) electrons. The zero-order valence-corrected chi connectivity index (χ0v) is 13.4. The van der Waals surface area contributed by atoms with Gasteiger partial charge < -0.3 is 9.47 Å². The third kappa shape index (κ3) is 3.17. The van der Waals surface area contributed by atoms with Crippen molar-refractivity contribution in [2.24, 2.45) is 0 Å². The normalized spacial score (nSPS) is 10.3. The van der Waals surface area contributed by atoms with Gasteiger partial charge in [-0.05, 0) is 12.1 Å². The van der Waals surface area contributed by atoms with Crippen LogP contribution >= 0.6 is 23.2 Å². The fraction of sp³-hybridized carbons (Fsp3) is 0.154. The Balaban J connectivity index is 2.61. The molecule has 0 aliphatic heterocycles. The highest BCUT2D eigenvalue weighted by molar-refractivity contribution is 6.36. The SMILES string of the molecule is COC(=O)c1[nH]nc(C(=O)c2nc(Cl)ccc2Cl)c1C(=O)OC. The van der Waals surface area contributed by atoms with E-state index in [1.165, 1.54) is 12.1 Å². The number of rotatable bonds is 4. The third-order valence-electron chi connectivity index (χ3n) is 2.79. The third-order valence-corrected chi connectivity index (χ3v) is 3.30. The Morgan fingerprint density at radius 3 is 2.30 bits per heavy atom. The van der Waals surface area contributed by atoms with Crippen LogP contribution < -0.4 is 0 Å². The Morgan fingerprint density at radius 2 is 1.70 bits per heavy atom.